The molecule has 3 aromatic rings. The summed E-state index contributed by atoms with van der Waals surface area (Å²) in [6, 6.07) is 9.97. The van der Waals surface area contributed by atoms with E-state index in [1.807, 2.05) is 18.2 Å². The van der Waals surface area contributed by atoms with Crippen molar-refractivity contribution in [3.8, 4) is 10.6 Å². The molecule has 0 aliphatic heterocycles. The Labute approximate surface area is 164 Å². The Kier molecular flexibility index (Phi) is 5.90. The van der Waals surface area contributed by atoms with Crippen molar-refractivity contribution in [3.63, 3.8) is 0 Å². The van der Waals surface area contributed by atoms with Crippen molar-refractivity contribution >= 4 is 33.0 Å². The second-order valence-corrected chi connectivity index (χ2v) is 9.12. The van der Waals surface area contributed by atoms with Gasteiger partial charge >= 0.3 is 0 Å². The summed E-state index contributed by atoms with van der Waals surface area (Å²) in [5, 5.41) is 1.24. The van der Waals surface area contributed by atoms with Gasteiger partial charge in [-0.25, -0.2) is 26.9 Å². The van der Waals surface area contributed by atoms with E-state index < -0.39 is 27.4 Å². The van der Waals surface area contributed by atoms with Crippen LogP contribution in [0.4, 0.5) is 8.78 Å². The number of sulfonamides is 1. The zero-order valence-electron chi connectivity index (χ0n) is 14.2. The molecule has 142 valence electrons. The summed E-state index contributed by atoms with van der Waals surface area (Å²) < 4.78 is 53.8. The molecule has 0 spiro atoms. The summed E-state index contributed by atoms with van der Waals surface area (Å²) in [4.78, 5) is 5.16. The largest absolute Gasteiger partial charge is 0.241 e. The minimum Gasteiger partial charge on any atom is -0.241 e. The molecular weight excluding hydrogens is 414 g/mol. The molecule has 1 heterocycles. The lowest BCUT2D eigenvalue weighted by Gasteiger charge is -2.07. The fraction of sp³-hybridized carbons (Fsp3) is 0.167. The van der Waals surface area contributed by atoms with Crippen molar-refractivity contribution in [3.05, 3.63) is 75.3 Å². The van der Waals surface area contributed by atoms with Crippen LogP contribution in [0.2, 0.25) is 5.02 Å². The highest BCUT2D eigenvalue weighted by atomic mass is 35.5. The van der Waals surface area contributed by atoms with Crippen LogP contribution in [0.25, 0.3) is 10.6 Å². The van der Waals surface area contributed by atoms with Crippen molar-refractivity contribution in [1.29, 1.82) is 0 Å². The number of hydrogen-bond acceptors (Lipinski definition) is 4. The van der Waals surface area contributed by atoms with Crippen molar-refractivity contribution in [1.82, 2.24) is 9.71 Å². The molecule has 0 radical (unpaired) electrons. The average Bonchev–Trinajstić information content (AvgIpc) is 2.97. The number of hydrogen-bond donors (Lipinski definition) is 1. The first-order chi connectivity index (χ1) is 12.7. The van der Waals surface area contributed by atoms with Gasteiger partial charge in [0.05, 0.1) is 16.5 Å². The average molecular weight is 429 g/mol. The number of rotatable bonds is 6. The van der Waals surface area contributed by atoms with Crippen LogP contribution >= 0.6 is 22.9 Å². The Bertz CT molecular complexity index is 1080. The number of thiazole rings is 1. The van der Waals surface area contributed by atoms with Crippen LogP contribution in [-0.4, -0.2) is 13.4 Å². The molecule has 0 fully saturated rings. The van der Waals surface area contributed by atoms with Gasteiger partial charge in [0.1, 0.15) is 16.6 Å². The zero-order valence-corrected chi connectivity index (χ0v) is 16.6. The van der Waals surface area contributed by atoms with Crippen LogP contribution in [0.1, 0.15) is 16.1 Å². The molecule has 27 heavy (non-hydrogen) atoms. The Morgan fingerprint density at radius 1 is 1.19 bits per heavy atom. The Morgan fingerprint density at radius 2 is 1.93 bits per heavy atom. The van der Waals surface area contributed by atoms with E-state index in [0.29, 0.717) is 20.6 Å². The molecule has 9 heteroatoms. The number of nitrogens with one attached hydrogen (secondary N) is 1. The Balaban J connectivity index is 1.74. The quantitative estimate of drug-likeness (QED) is 0.620. The van der Waals surface area contributed by atoms with Crippen LogP contribution in [0, 0.1) is 18.6 Å². The second kappa shape index (κ2) is 8.02. The smallest absolute Gasteiger partial charge is 0.216 e. The maximum absolute atomic E-state index is 13.7. The molecule has 2 aromatic carbocycles. The zero-order chi connectivity index (χ0) is 19.6. The first-order valence-corrected chi connectivity index (χ1v) is 10.7. The van der Waals surface area contributed by atoms with E-state index in [1.165, 1.54) is 11.3 Å². The van der Waals surface area contributed by atoms with Crippen molar-refractivity contribution in [2.24, 2.45) is 0 Å². The van der Waals surface area contributed by atoms with Crippen LogP contribution < -0.4 is 4.72 Å². The summed E-state index contributed by atoms with van der Waals surface area (Å²) in [5.74, 6) is -2.10. The first-order valence-electron chi connectivity index (χ1n) is 7.87. The summed E-state index contributed by atoms with van der Waals surface area (Å²) in [7, 11) is -3.86. The summed E-state index contributed by atoms with van der Waals surface area (Å²) in [6.07, 6.45) is 0. The predicted octanol–water partition coefficient (Wildman–Crippen LogP) is 4.67. The van der Waals surface area contributed by atoms with Gasteiger partial charge in [0, 0.05) is 22.5 Å². The highest BCUT2D eigenvalue weighted by Crippen LogP contribution is 2.32. The van der Waals surface area contributed by atoms with Gasteiger partial charge in [-0.2, -0.15) is 0 Å². The van der Waals surface area contributed by atoms with Gasteiger partial charge in [0.2, 0.25) is 10.0 Å². The van der Waals surface area contributed by atoms with E-state index in [-0.39, 0.29) is 12.1 Å². The number of aromatic nitrogens is 1. The number of benzene rings is 2. The van der Waals surface area contributed by atoms with Gasteiger partial charge < -0.3 is 0 Å². The maximum atomic E-state index is 13.7. The Hall–Kier alpha value is -1.87. The van der Waals surface area contributed by atoms with E-state index >= 15 is 0 Å². The van der Waals surface area contributed by atoms with Crippen molar-refractivity contribution < 1.29 is 17.2 Å². The standard InChI is InChI=1S/C18H15ClF2N2O2S2/c1-11-17(26-18(23-11)14-4-2-3-5-15(14)19)9-22-27(24,25)10-12-8-13(20)6-7-16(12)21/h2-8,22H,9-10H2,1H3. The number of halogens is 3. The van der Waals surface area contributed by atoms with Crippen LogP contribution in [0.5, 0.6) is 0 Å². The molecule has 0 amide bonds. The SMILES string of the molecule is Cc1nc(-c2ccccc2Cl)sc1CNS(=O)(=O)Cc1cc(F)ccc1F. The van der Waals surface area contributed by atoms with Gasteiger partial charge in [-0.15, -0.1) is 11.3 Å². The molecular formula is C18H15ClF2N2O2S2. The molecule has 0 unspecified atom stereocenters. The van der Waals surface area contributed by atoms with Crippen molar-refractivity contribution in [2.45, 2.75) is 19.2 Å². The minimum absolute atomic E-state index is 0.00716. The molecule has 0 aliphatic rings. The Morgan fingerprint density at radius 3 is 2.67 bits per heavy atom. The van der Waals surface area contributed by atoms with E-state index in [1.54, 1.807) is 13.0 Å². The fourth-order valence-electron chi connectivity index (χ4n) is 2.43. The van der Waals surface area contributed by atoms with Crippen LogP contribution in [0.15, 0.2) is 42.5 Å². The molecule has 1 N–H and O–H groups in total. The second-order valence-electron chi connectivity index (χ2n) is 5.82. The highest BCUT2D eigenvalue weighted by molar-refractivity contribution is 7.88. The molecule has 4 nitrogen and oxygen atoms in total. The highest BCUT2D eigenvalue weighted by Gasteiger charge is 2.18. The minimum atomic E-state index is -3.86. The molecule has 0 aliphatic carbocycles. The van der Waals surface area contributed by atoms with Gasteiger partial charge in [-0.05, 0) is 31.2 Å². The topological polar surface area (TPSA) is 59.1 Å². The fourth-order valence-corrected chi connectivity index (χ4v) is 4.94. The van der Waals surface area contributed by atoms with Crippen molar-refractivity contribution in [2.75, 3.05) is 0 Å². The van der Waals surface area contributed by atoms with E-state index in [9.17, 15) is 17.2 Å². The monoisotopic (exact) mass is 428 g/mol. The van der Waals surface area contributed by atoms with Crippen LogP contribution in [0.3, 0.4) is 0 Å². The third kappa shape index (κ3) is 4.90. The lowest BCUT2D eigenvalue weighted by atomic mass is 10.2. The molecule has 0 bridgehead atoms. The van der Waals surface area contributed by atoms with E-state index in [0.717, 1.165) is 23.8 Å². The lowest BCUT2D eigenvalue weighted by molar-refractivity contribution is 0.570. The molecule has 0 atom stereocenters. The van der Waals surface area contributed by atoms with E-state index in [4.69, 9.17) is 11.6 Å². The van der Waals surface area contributed by atoms with Gasteiger partial charge in [0.25, 0.3) is 0 Å². The number of nitrogens with zero attached hydrogens (tertiary/aromatic N) is 1. The van der Waals surface area contributed by atoms with Gasteiger partial charge in [-0.1, -0.05) is 29.8 Å². The van der Waals surface area contributed by atoms with Crippen LogP contribution in [-0.2, 0) is 22.3 Å². The van der Waals surface area contributed by atoms with Gasteiger partial charge in [0.15, 0.2) is 0 Å². The maximum Gasteiger partial charge on any atom is 0.216 e. The molecule has 0 saturated heterocycles. The third-order valence-electron chi connectivity index (χ3n) is 3.80. The molecule has 3 rings (SSSR count). The normalized spacial score (nSPS) is 11.7. The number of aryl methyl sites for hydroxylation is 1. The van der Waals surface area contributed by atoms with E-state index in [2.05, 4.69) is 9.71 Å². The van der Waals surface area contributed by atoms with Gasteiger partial charge in [-0.3, -0.25) is 0 Å². The first kappa shape index (κ1) is 19.9. The summed E-state index contributed by atoms with van der Waals surface area (Å²) in [6.45, 7) is 1.78. The summed E-state index contributed by atoms with van der Waals surface area (Å²) >= 11 is 7.50. The third-order valence-corrected chi connectivity index (χ3v) is 6.60. The molecule has 0 saturated carbocycles. The summed E-state index contributed by atoms with van der Waals surface area (Å²) in [5.41, 5.74) is 1.22. The molecule has 1 aromatic heterocycles. The predicted molar refractivity (Wildman–Crippen MR) is 103 cm³/mol. The lowest BCUT2D eigenvalue weighted by Crippen LogP contribution is -2.25.